The highest BCUT2D eigenvalue weighted by Crippen LogP contribution is 2.30. The molecule has 0 saturated heterocycles. The van der Waals surface area contributed by atoms with Crippen molar-refractivity contribution in [2.24, 2.45) is 5.73 Å². The van der Waals surface area contributed by atoms with Gasteiger partial charge in [0.25, 0.3) is 5.91 Å². The zero-order valence-electron chi connectivity index (χ0n) is 13.3. The number of amides is 2. The third-order valence-electron chi connectivity index (χ3n) is 4.18. The Kier molecular flexibility index (Phi) is 5.20. The van der Waals surface area contributed by atoms with Crippen LogP contribution >= 0.6 is 11.8 Å². The van der Waals surface area contributed by atoms with Gasteiger partial charge in [0.15, 0.2) is 0 Å². The monoisotopic (exact) mass is 340 g/mol. The Bertz CT molecular complexity index is 761. The summed E-state index contributed by atoms with van der Waals surface area (Å²) in [4.78, 5) is 24.5. The van der Waals surface area contributed by atoms with Gasteiger partial charge >= 0.3 is 0 Å². The van der Waals surface area contributed by atoms with Crippen LogP contribution in [0, 0.1) is 0 Å². The Morgan fingerprint density at radius 2 is 1.88 bits per heavy atom. The number of aryl methyl sites for hydroxylation is 1. The van der Waals surface area contributed by atoms with Crippen LogP contribution in [0.4, 0.5) is 0 Å². The van der Waals surface area contributed by atoms with Gasteiger partial charge in [-0.1, -0.05) is 36.4 Å². The van der Waals surface area contributed by atoms with E-state index in [9.17, 15) is 9.59 Å². The lowest BCUT2D eigenvalue weighted by atomic mass is 9.87. The molecule has 0 heterocycles. The molecule has 4 nitrogen and oxygen atoms in total. The van der Waals surface area contributed by atoms with Gasteiger partial charge in [-0.15, -0.1) is 11.8 Å². The van der Waals surface area contributed by atoms with E-state index in [0.29, 0.717) is 5.56 Å². The average molecular weight is 340 g/mol. The molecule has 0 saturated carbocycles. The van der Waals surface area contributed by atoms with Crippen LogP contribution in [0.25, 0.3) is 0 Å². The molecule has 1 atom stereocenters. The van der Waals surface area contributed by atoms with Crippen molar-refractivity contribution in [2.75, 3.05) is 5.75 Å². The lowest BCUT2D eigenvalue weighted by Crippen LogP contribution is -2.31. The SMILES string of the molecule is NC(=O)CSc1ccccc1C(=O)N[C@@H]1CCCc2ccccc21. The first-order chi connectivity index (χ1) is 11.6. The molecule has 2 amide bonds. The summed E-state index contributed by atoms with van der Waals surface area (Å²) in [6, 6.07) is 15.6. The van der Waals surface area contributed by atoms with Crippen molar-refractivity contribution in [3.8, 4) is 0 Å². The molecular formula is C19H20N2O2S. The molecular weight excluding hydrogens is 320 g/mol. The standard InChI is InChI=1S/C19H20N2O2S/c20-18(22)12-24-17-11-4-3-9-15(17)19(23)21-16-10-5-7-13-6-1-2-8-14(13)16/h1-4,6,8-9,11,16H,5,7,10,12H2,(H2,20,22)(H,21,23)/t16-/m1/s1. The van der Waals surface area contributed by atoms with E-state index >= 15 is 0 Å². The molecule has 2 aromatic carbocycles. The van der Waals surface area contributed by atoms with E-state index in [1.807, 2.05) is 30.3 Å². The maximum atomic E-state index is 12.7. The van der Waals surface area contributed by atoms with Gasteiger partial charge in [-0.3, -0.25) is 9.59 Å². The summed E-state index contributed by atoms with van der Waals surface area (Å²) in [5, 5.41) is 3.15. The number of nitrogens with one attached hydrogen (secondary N) is 1. The number of nitrogens with two attached hydrogens (primary N) is 1. The van der Waals surface area contributed by atoms with E-state index in [-0.39, 0.29) is 17.7 Å². The van der Waals surface area contributed by atoms with Gasteiger partial charge < -0.3 is 11.1 Å². The Morgan fingerprint density at radius 1 is 1.12 bits per heavy atom. The zero-order chi connectivity index (χ0) is 16.9. The smallest absolute Gasteiger partial charge is 0.252 e. The number of hydrogen-bond donors (Lipinski definition) is 2. The minimum absolute atomic E-state index is 0.0386. The molecule has 0 unspecified atom stereocenters. The molecule has 0 fully saturated rings. The predicted octanol–water partition coefficient (Wildman–Crippen LogP) is 3.07. The van der Waals surface area contributed by atoms with Crippen LogP contribution in [0.2, 0.25) is 0 Å². The maximum absolute atomic E-state index is 12.7. The molecule has 124 valence electrons. The summed E-state index contributed by atoms with van der Waals surface area (Å²) in [6.45, 7) is 0. The number of thioether (sulfide) groups is 1. The zero-order valence-corrected chi connectivity index (χ0v) is 14.1. The van der Waals surface area contributed by atoms with Crippen LogP contribution in [0.1, 0.15) is 40.4 Å². The van der Waals surface area contributed by atoms with Crippen molar-refractivity contribution >= 4 is 23.6 Å². The summed E-state index contributed by atoms with van der Waals surface area (Å²) >= 11 is 1.30. The van der Waals surface area contributed by atoms with Crippen molar-refractivity contribution in [3.05, 3.63) is 65.2 Å². The topological polar surface area (TPSA) is 72.2 Å². The molecule has 24 heavy (non-hydrogen) atoms. The van der Waals surface area contributed by atoms with Crippen LogP contribution in [-0.4, -0.2) is 17.6 Å². The second-order valence-electron chi connectivity index (χ2n) is 5.87. The number of rotatable bonds is 5. The number of carbonyl (C=O) groups is 2. The summed E-state index contributed by atoms with van der Waals surface area (Å²) < 4.78 is 0. The van der Waals surface area contributed by atoms with Crippen LogP contribution in [0.15, 0.2) is 53.4 Å². The van der Waals surface area contributed by atoms with Crippen LogP contribution < -0.4 is 11.1 Å². The molecule has 0 aliphatic heterocycles. The maximum Gasteiger partial charge on any atom is 0.252 e. The van der Waals surface area contributed by atoms with Crippen molar-refractivity contribution in [1.82, 2.24) is 5.32 Å². The Morgan fingerprint density at radius 3 is 2.71 bits per heavy atom. The molecule has 1 aliphatic carbocycles. The summed E-state index contributed by atoms with van der Waals surface area (Å²) in [6.07, 6.45) is 3.08. The molecule has 0 radical (unpaired) electrons. The molecule has 2 aromatic rings. The quantitative estimate of drug-likeness (QED) is 0.822. The van der Waals surface area contributed by atoms with Crippen molar-refractivity contribution < 1.29 is 9.59 Å². The summed E-state index contributed by atoms with van der Waals surface area (Å²) in [7, 11) is 0. The first kappa shape index (κ1) is 16.6. The van der Waals surface area contributed by atoms with Crippen molar-refractivity contribution in [3.63, 3.8) is 0 Å². The fourth-order valence-corrected chi connectivity index (χ4v) is 3.86. The number of benzene rings is 2. The lowest BCUT2D eigenvalue weighted by molar-refractivity contribution is -0.115. The van der Waals surface area contributed by atoms with Gasteiger partial charge in [0, 0.05) is 4.90 Å². The third-order valence-corrected chi connectivity index (χ3v) is 5.27. The normalized spacial score (nSPS) is 16.2. The van der Waals surface area contributed by atoms with Gasteiger partial charge in [0.2, 0.25) is 5.91 Å². The molecule has 0 bridgehead atoms. The molecule has 0 aromatic heterocycles. The van der Waals surface area contributed by atoms with Gasteiger partial charge in [-0.25, -0.2) is 0 Å². The van der Waals surface area contributed by atoms with E-state index < -0.39 is 5.91 Å². The molecule has 5 heteroatoms. The third kappa shape index (κ3) is 3.79. The second kappa shape index (κ2) is 7.53. The molecule has 3 rings (SSSR count). The molecule has 0 spiro atoms. The minimum atomic E-state index is -0.392. The highest BCUT2D eigenvalue weighted by molar-refractivity contribution is 8.00. The minimum Gasteiger partial charge on any atom is -0.369 e. The van der Waals surface area contributed by atoms with E-state index in [4.69, 9.17) is 5.73 Å². The van der Waals surface area contributed by atoms with Gasteiger partial charge in [-0.2, -0.15) is 0 Å². The van der Waals surface area contributed by atoms with Gasteiger partial charge in [0.1, 0.15) is 0 Å². The van der Waals surface area contributed by atoms with Crippen LogP contribution in [-0.2, 0) is 11.2 Å². The van der Waals surface area contributed by atoms with Crippen LogP contribution in [0.3, 0.4) is 0 Å². The first-order valence-corrected chi connectivity index (χ1v) is 9.02. The van der Waals surface area contributed by atoms with E-state index in [1.54, 1.807) is 6.07 Å². The Balaban J connectivity index is 1.78. The van der Waals surface area contributed by atoms with E-state index in [1.165, 1.54) is 22.9 Å². The van der Waals surface area contributed by atoms with Gasteiger partial charge in [0.05, 0.1) is 17.4 Å². The number of hydrogen-bond acceptors (Lipinski definition) is 3. The van der Waals surface area contributed by atoms with E-state index in [0.717, 1.165) is 24.2 Å². The Labute approximate surface area is 145 Å². The molecule has 3 N–H and O–H groups in total. The van der Waals surface area contributed by atoms with Crippen LogP contribution in [0.5, 0.6) is 0 Å². The number of carbonyl (C=O) groups excluding carboxylic acids is 2. The highest BCUT2D eigenvalue weighted by Gasteiger charge is 2.22. The Hall–Kier alpha value is -2.27. The summed E-state index contributed by atoms with van der Waals surface area (Å²) in [5.74, 6) is -0.336. The molecule has 1 aliphatic rings. The highest BCUT2D eigenvalue weighted by atomic mass is 32.2. The average Bonchev–Trinajstić information content (AvgIpc) is 2.60. The number of primary amides is 1. The largest absolute Gasteiger partial charge is 0.369 e. The van der Waals surface area contributed by atoms with Gasteiger partial charge in [-0.05, 0) is 42.5 Å². The van der Waals surface area contributed by atoms with E-state index in [2.05, 4.69) is 17.4 Å². The first-order valence-electron chi connectivity index (χ1n) is 8.04. The fraction of sp³-hybridized carbons (Fsp3) is 0.263. The summed E-state index contributed by atoms with van der Waals surface area (Å²) in [5.41, 5.74) is 8.32. The predicted molar refractivity (Wildman–Crippen MR) is 95.9 cm³/mol. The number of fused-ring (bicyclic) bond motifs is 1. The second-order valence-corrected chi connectivity index (χ2v) is 6.89. The van der Waals surface area contributed by atoms with Crippen molar-refractivity contribution in [2.45, 2.75) is 30.2 Å². The lowest BCUT2D eigenvalue weighted by Gasteiger charge is -2.26. The van der Waals surface area contributed by atoms with Crippen molar-refractivity contribution in [1.29, 1.82) is 0 Å². The fourth-order valence-electron chi connectivity index (χ4n) is 3.07.